The number of ether oxygens (including phenoxy) is 1. The Labute approximate surface area is 105 Å². The average Bonchev–Trinajstić information content (AvgIpc) is 2.27. The molecule has 3 N–H and O–H groups in total. The molecule has 0 unspecified atom stereocenters. The number of nitrogens with zero attached hydrogens (tertiary/aromatic N) is 1. The molecule has 1 aromatic rings. The lowest BCUT2D eigenvalue weighted by Crippen LogP contribution is -2.59. The molecule has 0 saturated carbocycles. The van der Waals surface area contributed by atoms with Crippen LogP contribution < -0.4 is 11.1 Å². The summed E-state index contributed by atoms with van der Waals surface area (Å²) in [5, 5.41) is 2.31. The normalized spacial score (nSPS) is 16.7. The van der Waals surface area contributed by atoms with E-state index >= 15 is 0 Å². The van der Waals surface area contributed by atoms with Crippen molar-refractivity contribution in [3.05, 3.63) is 30.1 Å². The van der Waals surface area contributed by atoms with Crippen LogP contribution in [-0.4, -0.2) is 35.6 Å². The minimum absolute atomic E-state index is 0.103. The third kappa shape index (κ3) is 3.35. The molecule has 6 nitrogen and oxygen atoms in total. The second kappa shape index (κ2) is 5.24. The number of nitrogens with two attached hydrogens (primary N) is 1. The maximum Gasteiger partial charge on any atom is 0.231 e. The second-order valence-electron chi connectivity index (χ2n) is 4.54. The molecule has 2 rings (SSSR count). The van der Waals surface area contributed by atoms with Gasteiger partial charge in [0.15, 0.2) is 0 Å². The van der Waals surface area contributed by atoms with Crippen LogP contribution in [0.3, 0.4) is 0 Å². The van der Waals surface area contributed by atoms with Crippen LogP contribution in [0.25, 0.3) is 0 Å². The summed E-state index contributed by atoms with van der Waals surface area (Å²) in [5.41, 5.74) is 5.97. The van der Waals surface area contributed by atoms with Gasteiger partial charge in [0, 0.05) is 18.8 Å². The smallest absolute Gasteiger partial charge is 0.231 e. The lowest BCUT2D eigenvalue weighted by atomic mass is 9.94. The number of carbonyl (C=O) groups is 2. The van der Waals surface area contributed by atoms with E-state index < -0.39 is 5.54 Å². The van der Waals surface area contributed by atoms with Gasteiger partial charge in [-0.05, 0) is 11.6 Å². The number of imide groups is 1. The zero-order valence-corrected chi connectivity index (χ0v) is 9.89. The number of nitrogens with one attached hydrogen (secondary N) is 1. The largest absolute Gasteiger partial charge is 0.377 e. The molecular weight excluding hydrogens is 234 g/mol. The van der Waals surface area contributed by atoms with Gasteiger partial charge in [-0.25, -0.2) is 0 Å². The van der Waals surface area contributed by atoms with E-state index in [4.69, 9.17) is 10.5 Å². The van der Waals surface area contributed by atoms with Gasteiger partial charge < -0.3 is 10.5 Å². The van der Waals surface area contributed by atoms with E-state index in [-0.39, 0.29) is 24.7 Å². The van der Waals surface area contributed by atoms with Gasteiger partial charge in [-0.1, -0.05) is 6.07 Å². The lowest BCUT2D eigenvalue weighted by Gasteiger charge is -2.36. The highest BCUT2D eigenvalue weighted by Crippen LogP contribution is 2.17. The van der Waals surface area contributed by atoms with E-state index in [1.165, 1.54) is 0 Å². The Bertz CT molecular complexity index is 443. The Morgan fingerprint density at radius 2 is 2.22 bits per heavy atom. The first-order valence-electron chi connectivity index (χ1n) is 5.66. The minimum atomic E-state index is -0.612. The van der Waals surface area contributed by atoms with Crippen molar-refractivity contribution >= 4 is 11.8 Å². The zero-order chi connectivity index (χ0) is 13.0. The van der Waals surface area contributed by atoms with Gasteiger partial charge >= 0.3 is 0 Å². The Morgan fingerprint density at radius 3 is 2.78 bits per heavy atom. The van der Waals surface area contributed by atoms with Gasteiger partial charge in [-0.3, -0.25) is 19.9 Å². The van der Waals surface area contributed by atoms with Crippen molar-refractivity contribution < 1.29 is 14.3 Å². The lowest BCUT2D eigenvalue weighted by molar-refractivity contribution is -0.134. The van der Waals surface area contributed by atoms with Gasteiger partial charge in [-0.15, -0.1) is 0 Å². The Morgan fingerprint density at radius 1 is 1.44 bits per heavy atom. The van der Waals surface area contributed by atoms with Crippen molar-refractivity contribution in [2.24, 2.45) is 5.73 Å². The van der Waals surface area contributed by atoms with Crippen molar-refractivity contribution in [1.29, 1.82) is 0 Å². The zero-order valence-electron chi connectivity index (χ0n) is 9.89. The molecule has 18 heavy (non-hydrogen) atoms. The second-order valence-corrected chi connectivity index (χ2v) is 4.54. The van der Waals surface area contributed by atoms with Gasteiger partial charge in [0.05, 0.1) is 25.2 Å². The summed E-state index contributed by atoms with van der Waals surface area (Å²) in [6.45, 7) is 0.717. The van der Waals surface area contributed by atoms with Gasteiger partial charge in [0.1, 0.15) is 0 Å². The molecule has 6 heteroatoms. The van der Waals surface area contributed by atoms with Crippen molar-refractivity contribution in [3.63, 3.8) is 0 Å². The molecule has 0 aromatic carbocycles. The van der Waals surface area contributed by atoms with Gasteiger partial charge in [0.25, 0.3) is 0 Å². The van der Waals surface area contributed by atoms with Crippen LogP contribution in [0.4, 0.5) is 0 Å². The SMILES string of the molecule is NC1(CC(=O)NC(=O)Cc2cccnc2)COC1. The maximum atomic E-state index is 11.6. The van der Waals surface area contributed by atoms with Gasteiger partial charge in [-0.2, -0.15) is 0 Å². The highest BCUT2D eigenvalue weighted by molar-refractivity contribution is 5.96. The molecule has 2 amide bonds. The minimum Gasteiger partial charge on any atom is -0.377 e. The van der Waals surface area contributed by atoms with Crippen molar-refractivity contribution in [1.82, 2.24) is 10.3 Å². The third-order valence-electron chi connectivity index (χ3n) is 2.66. The van der Waals surface area contributed by atoms with Crippen molar-refractivity contribution in [2.75, 3.05) is 13.2 Å². The summed E-state index contributed by atoms with van der Waals surface area (Å²) in [5.74, 6) is -0.716. The summed E-state index contributed by atoms with van der Waals surface area (Å²) in [4.78, 5) is 27.0. The quantitative estimate of drug-likeness (QED) is 0.742. The summed E-state index contributed by atoms with van der Waals surface area (Å²) in [6.07, 6.45) is 3.45. The Hall–Kier alpha value is -1.79. The first kappa shape index (κ1) is 12.7. The topological polar surface area (TPSA) is 94.3 Å². The maximum absolute atomic E-state index is 11.6. The molecule has 0 atom stereocenters. The molecule has 0 spiro atoms. The number of rotatable bonds is 4. The van der Waals surface area contributed by atoms with Crippen molar-refractivity contribution in [3.8, 4) is 0 Å². The van der Waals surface area contributed by atoms with Crippen LogP contribution in [0.15, 0.2) is 24.5 Å². The summed E-state index contributed by atoms with van der Waals surface area (Å²) < 4.78 is 4.94. The van der Waals surface area contributed by atoms with Crippen LogP contribution in [0, 0.1) is 0 Å². The molecule has 1 aliphatic heterocycles. The van der Waals surface area contributed by atoms with E-state index in [0.717, 1.165) is 5.56 Å². The number of hydrogen-bond acceptors (Lipinski definition) is 5. The predicted octanol–water partition coefficient (Wildman–Crippen LogP) is -0.615. The molecule has 1 aliphatic rings. The fraction of sp³-hybridized carbons (Fsp3) is 0.417. The van der Waals surface area contributed by atoms with Crippen molar-refractivity contribution in [2.45, 2.75) is 18.4 Å². The third-order valence-corrected chi connectivity index (χ3v) is 2.66. The number of amides is 2. The van der Waals surface area contributed by atoms with Gasteiger partial charge in [0.2, 0.25) is 11.8 Å². The average molecular weight is 249 g/mol. The van der Waals surface area contributed by atoms with E-state index in [9.17, 15) is 9.59 Å². The standard InChI is InChI=1S/C12H15N3O3/c13-12(7-18-8-12)5-11(17)15-10(16)4-9-2-1-3-14-6-9/h1-3,6H,4-5,7-8,13H2,(H,15,16,17). The summed E-state index contributed by atoms with van der Waals surface area (Å²) >= 11 is 0. The summed E-state index contributed by atoms with van der Waals surface area (Å²) in [6, 6.07) is 3.52. The molecule has 2 heterocycles. The monoisotopic (exact) mass is 249 g/mol. The van der Waals surface area contributed by atoms with Crippen LogP contribution in [0.2, 0.25) is 0 Å². The van der Waals surface area contributed by atoms with Crippen LogP contribution in [-0.2, 0) is 20.7 Å². The fourth-order valence-corrected chi connectivity index (χ4v) is 1.72. The van der Waals surface area contributed by atoms with E-state index in [1.54, 1.807) is 24.5 Å². The number of aromatic nitrogens is 1. The van der Waals surface area contributed by atoms with Crippen LogP contribution >= 0.6 is 0 Å². The van der Waals surface area contributed by atoms with Crippen LogP contribution in [0.5, 0.6) is 0 Å². The highest BCUT2D eigenvalue weighted by atomic mass is 16.5. The molecule has 0 aliphatic carbocycles. The highest BCUT2D eigenvalue weighted by Gasteiger charge is 2.36. The van der Waals surface area contributed by atoms with E-state index in [1.807, 2.05) is 0 Å². The predicted molar refractivity (Wildman–Crippen MR) is 63.4 cm³/mol. The molecular formula is C12H15N3O3. The molecule has 1 fully saturated rings. The Kier molecular flexibility index (Phi) is 3.69. The fourth-order valence-electron chi connectivity index (χ4n) is 1.72. The first-order valence-corrected chi connectivity index (χ1v) is 5.66. The van der Waals surface area contributed by atoms with E-state index in [0.29, 0.717) is 13.2 Å². The first-order chi connectivity index (χ1) is 8.57. The molecule has 96 valence electrons. The molecule has 0 radical (unpaired) electrons. The molecule has 0 bridgehead atoms. The Balaban J connectivity index is 1.79. The number of carbonyl (C=O) groups excluding carboxylic acids is 2. The number of hydrogen-bond donors (Lipinski definition) is 2. The molecule has 1 saturated heterocycles. The molecule has 1 aromatic heterocycles. The summed E-state index contributed by atoms with van der Waals surface area (Å²) in [7, 11) is 0. The number of pyridine rings is 1. The van der Waals surface area contributed by atoms with E-state index in [2.05, 4.69) is 10.3 Å². The van der Waals surface area contributed by atoms with Crippen LogP contribution in [0.1, 0.15) is 12.0 Å².